The molecule has 0 N–H and O–H groups in total. The van der Waals surface area contributed by atoms with Crippen LogP contribution in [0, 0.1) is 0 Å². The molecule has 2 aliphatic heterocycles. The van der Waals surface area contributed by atoms with Gasteiger partial charge in [-0.15, -0.1) is 11.3 Å². The average molecular weight is 875 g/mol. The Hall–Kier alpha value is -6.10. The molecule has 9 aromatic rings. The zero-order valence-corrected chi connectivity index (χ0v) is 41.0. The van der Waals surface area contributed by atoms with Crippen molar-refractivity contribution in [3.05, 3.63) is 174 Å². The lowest BCUT2D eigenvalue weighted by Gasteiger charge is -2.48. The SMILES string of the molecule is CC(C)(C)c1ccc(N2B3c4ccc5sc6ccccc6c5c4N(c4ccc(C(C)(C)C)cc4-c4ccccc4)c4cc5ccccc5c(c43)-c3cc4c(cc32)C(C)(C)CCC4(C)C)cc1. The Labute approximate surface area is 396 Å². The molecule has 12 rings (SSSR count). The Bertz CT molecular complexity index is 3450. The second-order valence-electron chi connectivity index (χ2n) is 22.8. The van der Waals surface area contributed by atoms with E-state index in [2.05, 4.69) is 231 Å². The van der Waals surface area contributed by atoms with Crippen molar-refractivity contribution < 1.29 is 0 Å². The third-order valence-electron chi connectivity index (χ3n) is 15.6. The maximum absolute atomic E-state index is 2.75. The highest BCUT2D eigenvalue weighted by Crippen LogP contribution is 2.56. The van der Waals surface area contributed by atoms with E-state index in [0.717, 1.165) is 6.42 Å². The summed E-state index contributed by atoms with van der Waals surface area (Å²) in [6.07, 6.45) is 2.33. The molecule has 0 saturated carbocycles. The van der Waals surface area contributed by atoms with Gasteiger partial charge in [0, 0.05) is 48.4 Å². The smallest absolute Gasteiger partial charge is 0.333 e. The zero-order chi connectivity index (χ0) is 45.7. The van der Waals surface area contributed by atoms with Crippen LogP contribution in [-0.4, -0.2) is 6.85 Å². The van der Waals surface area contributed by atoms with E-state index < -0.39 is 0 Å². The Kier molecular flexibility index (Phi) is 8.90. The van der Waals surface area contributed by atoms with Crippen LogP contribution in [0.2, 0.25) is 0 Å². The molecule has 0 fully saturated rings. The number of hydrogen-bond acceptors (Lipinski definition) is 3. The summed E-state index contributed by atoms with van der Waals surface area (Å²) in [5.41, 5.74) is 19.9. The van der Waals surface area contributed by atoms with Gasteiger partial charge in [0.2, 0.25) is 0 Å². The summed E-state index contributed by atoms with van der Waals surface area (Å²) in [6.45, 7) is 23.8. The summed E-state index contributed by atoms with van der Waals surface area (Å²) in [5.74, 6) is 0. The fraction of sp³-hybridized carbons (Fsp3) is 0.258. The predicted octanol–water partition coefficient (Wildman–Crippen LogP) is 16.5. The monoisotopic (exact) mass is 874 g/mol. The lowest BCUT2D eigenvalue weighted by molar-refractivity contribution is 0.332. The third-order valence-corrected chi connectivity index (χ3v) is 16.7. The van der Waals surface area contributed by atoms with Crippen molar-refractivity contribution >= 4 is 88.5 Å². The molecule has 0 amide bonds. The van der Waals surface area contributed by atoms with Gasteiger partial charge in [0.1, 0.15) is 0 Å². The molecule has 0 atom stereocenters. The van der Waals surface area contributed by atoms with E-state index in [4.69, 9.17) is 0 Å². The van der Waals surface area contributed by atoms with E-state index in [1.54, 1.807) is 0 Å². The van der Waals surface area contributed by atoms with Crippen molar-refractivity contribution in [3.63, 3.8) is 0 Å². The van der Waals surface area contributed by atoms with Crippen LogP contribution >= 0.6 is 11.3 Å². The Balaban J connectivity index is 1.28. The molecule has 66 heavy (non-hydrogen) atoms. The van der Waals surface area contributed by atoms with Gasteiger partial charge in [0.25, 0.3) is 0 Å². The van der Waals surface area contributed by atoms with Gasteiger partial charge in [-0.2, -0.15) is 0 Å². The predicted molar refractivity (Wildman–Crippen MR) is 289 cm³/mol. The molecule has 0 saturated heterocycles. The van der Waals surface area contributed by atoms with Gasteiger partial charge in [0.05, 0.1) is 11.4 Å². The van der Waals surface area contributed by atoms with Gasteiger partial charge in [0.15, 0.2) is 0 Å². The van der Waals surface area contributed by atoms with E-state index in [1.165, 1.54) is 121 Å². The number of hydrogen-bond donors (Lipinski definition) is 0. The second kappa shape index (κ2) is 14.2. The molecule has 3 heterocycles. The number of nitrogens with zero attached hydrogens (tertiary/aromatic N) is 2. The van der Waals surface area contributed by atoms with Crippen LogP contribution in [-0.2, 0) is 21.7 Å². The zero-order valence-electron chi connectivity index (χ0n) is 40.2. The molecule has 0 spiro atoms. The molecule has 0 bridgehead atoms. The lowest BCUT2D eigenvalue weighted by atomic mass is 9.42. The maximum atomic E-state index is 2.75. The summed E-state index contributed by atoms with van der Waals surface area (Å²) >= 11 is 1.91. The third kappa shape index (κ3) is 6.13. The molecule has 1 aliphatic carbocycles. The lowest BCUT2D eigenvalue weighted by Crippen LogP contribution is -2.61. The molecule has 1 aromatic heterocycles. The fourth-order valence-corrected chi connectivity index (χ4v) is 12.9. The highest BCUT2D eigenvalue weighted by atomic mass is 32.1. The van der Waals surface area contributed by atoms with Crippen molar-refractivity contribution in [2.75, 3.05) is 9.71 Å². The van der Waals surface area contributed by atoms with Crippen LogP contribution in [0.15, 0.2) is 152 Å². The highest BCUT2D eigenvalue weighted by molar-refractivity contribution is 7.26. The van der Waals surface area contributed by atoms with Crippen molar-refractivity contribution in [2.45, 2.75) is 104 Å². The van der Waals surface area contributed by atoms with Crippen LogP contribution in [0.5, 0.6) is 0 Å². The minimum Gasteiger partial charge on any atom is -0.376 e. The quantitative estimate of drug-likeness (QED) is 0.163. The first-order chi connectivity index (χ1) is 31.5. The first-order valence-corrected chi connectivity index (χ1v) is 24.9. The second-order valence-corrected chi connectivity index (χ2v) is 23.9. The van der Waals surface area contributed by atoms with Crippen molar-refractivity contribution in [1.82, 2.24) is 0 Å². The number of rotatable bonds is 3. The maximum Gasteiger partial charge on any atom is 0.333 e. The summed E-state index contributed by atoms with van der Waals surface area (Å²) in [4.78, 5) is 5.45. The van der Waals surface area contributed by atoms with Gasteiger partial charge >= 0.3 is 6.85 Å². The van der Waals surface area contributed by atoms with Crippen LogP contribution in [0.1, 0.15) is 104 Å². The topological polar surface area (TPSA) is 6.48 Å². The molecule has 3 aliphatic rings. The number of anilines is 5. The van der Waals surface area contributed by atoms with Crippen LogP contribution in [0.3, 0.4) is 0 Å². The van der Waals surface area contributed by atoms with E-state index >= 15 is 0 Å². The van der Waals surface area contributed by atoms with Crippen molar-refractivity contribution in [1.29, 1.82) is 0 Å². The summed E-state index contributed by atoms with van der Waals surface area (Å²) in [6, 6.07) is 59.0. The fourth-order valence-electron chi connectivity index (χ4n) is 11.8. The summed E-state index contributed by atoms with van der Waals surface area (Å²) < 4.78 is 2.63. The molecule has 0 radical (unpaired) electrons. The molecular weight excluding hydrogens is 816 g/mol. The average Bonchev–Trinajstić information content (AvgIpc) is 3.69. The van der Waals surface area contributed by atoms with Gasteiger partial charge in [-0.3, -0.25) is 0 Å². The minimum atomic E-state index is -0.103. The van der Waals surface area contributed by atoms with Crippen LogP contribution in [0.25, 0.3) is 53.2 Å². The van der Waals surface area contributed by atoms with Gasteiger partial charge in [-0.05, 0) is 144 Å². The highest BCUT2D eigenvalue weighted by Gasteiger charge is 2.48. The molecule has 2 nitrogen and oxygen atoms in total. The van der Waals surface area contributed by atoms with Crippen LogP contribution in [0.4, 0.5) is 28.4 Å². The van der Waals surface area contributed by atoms with E-state index in [-0.39, 0.29) is 28.5 Å². The number of benzene rings is 8. The standard InChI is InChI=1S/C62H59BN2S/c1-59(2,3)40-24-27-42(28-25-40)65-51-37-48-47(61(7,8)32-33-62(48,9)10)36-46(51)55-43-21-15-14-20-39(43)34-52-57(55)63(65)49-29-31-54-56(44-22-16-17-23-53(44)66-54)58(49)64(52)50-30-26-41(60(4,5)6)35-45(50)38-18-12-11-13-19-38/h11-31,34-37H,32-33H2,1-10H3. The number of fused-ring (bicyclic) bond motifs is 11. The van der Waals surface area contributed by atoms with Gasteiger partial charge in [-0.1, -0.05) is 166 Å². The summed E-state index contributed by atoms with van der Waals surface area (Å²) in [5, 5.41) is 5.22. The van der Waals surface area contributed by atoms with E-state index in [1.807, 2.05) is 11.3 Å². The Morgan fingerprint density at radius 2 is 1.17 bits per heavy atom. The van der Waals surface area contributed by atoms with Gasteiger partial charge in [-0.25, -0.2) is 0 Å². The molecule has 4 heteroatoms. The van der Waals surface area contributed by atoms with E-state index in [9.17, 15) is 0 Å². The number of thiophene rings is 1. The minimum absolute atomic E-state index is 0.0276. The Morgan fingerprint density at radius 3 is 1.88 bits per heavy atom. The van der Waals surface area contributed by atoms with E-state index in [0.29, 0.717) is 0 Å². The largest absolute Gasteiger partial charge is 0.376 e. The molecule has 8 aromatic carbocycles. The molecular formula is C62H59BN2S. The first-order valence-electron chi connectivity index (χ1n) is 24.1. The van der Waals surface area contributed by atoms with Crippen LogP contribution < -0.4 is 20.6 Å². The molecule has 0 unspecified atom stereocenters. The normalized spacial score (nSPS) is 16.1. The van der Waals surface area contributed by atoms with Gasteiger partial charge < -0.3 is 9.71 Å². The van der Waals surface area contributed by atoms with Crippen molar-refractivity contribution in [2.24, 2.45) is 0 Å². The Morgan fingerprint density at radius 1 is 0.530 bits per heavy atom. The molecule has 326 valence electrons. The first kappa shape index (κ1) is 41.3. The van der Waals surface area contributed by atoms with Crippen molar-refractivity contribution in [3.8, 4) is 22.3 Å². The summed E-state index contributed by atoms with van der Waals surface area (Å²) in [7, 11) is 0.